The summed E-state index contributed by atoms with van der Waals surface area (Å²) in [5.41, 5.74) is 1.31. The molecular formula is C15H17N5. The first-order valence-electron chi connectivity index (χ1n) is 6.91. The number of aryl methyl sites for hydroxylation is 1. The molecule has 1 atom stereocenters. The third-order valence-corrected chi connectivity index (χ3v) is 3.67. The Morgan fingerprint density at radius 3 is 3.10 bits per heavy atom. The molecule has 0 amide bonds. The van der Waals surface area contributed by atoms with Crippen molar-refractivity contribution < 1.29 is 0 Å². The van der Waals surface area contributed by atoms with Crippen molar-refractivity contribution in [3.63, 3.8) is 0 Å². The van der Waals surface area contributed by atoms with E-state index < -0.39 is 0 Å². The molecule has 0 aliphatic carbocycles. The van der Waals surface area contributed by atoms with E-state index >= 15 is 0 Å². The molecule has 2 aromatic rings. The standard InChI is InChI=1S/C15H17N5/c1-10-14-6-15(20-12-3-2-4-17-9-12)18-8-11(14)5-13(7-16)19-10/h5-6,8,12,17H,2-4,9H2,1H3,(H,18,20). The second-order valence-electron chi connectivity index (χ2n) is 5.18. The number of hydrogen-bond acceptors (Lipinski definition) is 5. The van der Waals surface area contributed by atoms with Crippen molar-refractivity contribution in [3.8, 4) is 6.07 Å². The van der Waals surface area contributed by atoms with Crippen molar-refractivity contribution in [3.05, 3.63) is 29.7 Å². The van der Waals surface area contributed by atoms with Crippen molar-refractivity contribution in [1.29, 1.82) is 5.26 Å². The molecule has 1 aliphatic rings. The Hall–Kier alpha value is -2.19. The van der Waals surface area contributed by atoms with E-state index in [9.17, 15) is 0 Å². The van der Waals surface area contributed by atoms with Gasteiger partial charge in [0.1, 0.15) is 17.6 Å². The summed E-state index contributed by atoms with van der Waals surface area (Å²) in [6.07, 6.45) is 4.16. The van der Waals surface area contributed by atoms with Crippen LogP contribution >= 0.6 is 0 Å². The molecule has 0 aromatic carbocycles. The first-order chi connectivity index (χ1) is 9.76. The molecule has 0 spiro atoms. The smallest absolute Gasteiger partial charge is 0.141 e. The van der Waals surface area contributed by atoms with Gasteiger partial charge in [0, 0.05) is 35.2 Å². The van der Waals surface area contributed by atoms with Gasteiger partial charge in [0.2, 0.25) is 0 Å². The number of rotatable bonds is 2. The summed E-state index contributed by atoms with van der Waals surface area (Å²) in [6, 6.07) is 6.31. The Balaban J connectivity index is 1.90. The molecule has 102 valence electrons. The molecule has 3 heterocycles. The van der Waals surface area contributed by atoms with Gasteiger partial charge in [-0.25, -0.2) is 9.97 Å². The third kappa shape index (κ3) is 2.56. The highest BCUT2D eigenvalue weighted by Crippen LogP contribution is 2.21. The van der Waals surface area contributed by atoms with E-state index in [2.05, 4.69) is 26.7 Å². The Bertz CT molecular complexity index is 668. The lowest BCUT2D eigenvalue weighted by atomic mass is 10.1. The summed E-state index contributed by atoms with van der Waals surface area (Å²) in [4.78, 5) is 8.72. The van der Waals surface area contributed by atoms with Crippen LogP contribution in [0.3, 0.4) is 0 Å². The lowest BCUT2D eigenvalue weighted by Crippen LogP contribution is -2.38. The van der Waals surface area contributed by atoms with Gasteiger partial charge in [-0.1, -0.05) is 0 Å². The van der Waals surface area contributed by atoms with Crippen LogP contribution in [-0.2, 0) is 0 Å². The molecule has 0 saturated carbocycles. The second kappa shape index (κ2) is 5.43. The van der Waals surface area contributed by atoms with Crippen LogP contribution < -0.4 is 10.6 Å². The van der Waals surface area contributed by atoms with E-state index in [0.29, 0.717) is 11.7 Å². The topological polar surface area (TPSA) is 73.6 Å². The molecule has 1 fully saturated rings. The fourth-order valence-electron chi connectivity index (χ4n) is 2.64. The van der Waals surface area contributed by atoms with Crippen molar-refractivity contribution >= 4 is 16.6 Å². The van der Waals surface area contributed by atoms with Gasteiger partial charge >= 0.3 is 0 Å². The fraction of sp³-hybridized carbons (Fsp3) is 0.400. The van der Waals surface area contributed by atoms with Crippen molar-refractivity contribution in [1.82, 2.24) is 15.3 Å². The van der Waals surface area contributed by atoms with Crippen molar-refractivity contribution in [2.24, 2.45) is 0 Å². The van der Waals surface area contributed by atoms with Gasteiger partial charge in [0.05, 0.1) is 0 Å². The summed E-state index contributed by atoms with van der Waals surface area (Å²) in [5.74, 6) is 0.876. The number of nitrogens with one attached hydrogen (secondary N) is 2. The van der Waals surface area contributed by atoms with Gasteiger partial charge < -0.3 is 10.6 Å². The Morgan fingerprint density at radius 1 is 1.45 bits per heavy atom. The number of nitriles is 1. The van der Waals surface area contributed by atoms with Crippen LogP contribution in [0, 0.1) is 18.3 Å². The number of anilines is 1. The average molecular weight is 267 g/mol. The third-order valence-electron chi connectivity index (χ3n) is 3.67. The molecule has 0 bridgehead atoms. The fourth-order valence-corrected chi connectivity index (χ4v) is 2.64. The van der Waals surface area contributed by atoms with Gasteiger partial charge in [-0.3, -0.25) is 0 Å². The lowest BCUT2D eigenvalue weighted by Gasteiger charge is -2.24. The number of fused-ring (bicyclic) bond motifs is 1. The normalized spacial score (nSPS) is 18.7. The molecule has 20 heavy (non-hydrogen) atoms. The maximum atomic E-state index is 8.94. The highest BCUT2D eigenvalue weighted by Gasteiger charge is 2.13. The van der Waals surface area contributed by atoms with Gasteiger partial charge in [-0.05, 0) is 38.4 Å². The first-order valence-corrected chi connectivity index (χ1v) is 6.91. The quantitative estimate of drug-likeness (QED) is 0.870. The monoisotopic (exact) mass is 267 g/mol. The van der Waals surface area contributed by atoms with E-state index in [0.717, 1.165) is 41.8 Å². The minimum absolute atomic E-state index is 0.431. The van der Waals surface area contributed by atoms with Crippen LogP contribution in [0.15, 0.2) is 18.3 Å². The maximum Gasteiger partial charge on any atom is 0.141 e. The molecule has 5 nitrogen and oxygen atoms in total. The zero-order valence-electron chi connectivity index (χ0n) is 11.5. The molecule has 2 N–H and O–H groups in total. The van der Waals surface area contributed by atoms with E-state index in [1.165, 1.54) is 6.42 Å². The molecule has 0 radical (unpaired) electrons. The number of nitrogens with zero attached hydrogens (tertiary/aromatic N) is 3. The molecular weight excluding hydrogens is 250 g/mol. The van der Waals surface area contributed by atoms with Gasteiger partial charge in [0.15, 0.2) is 0 Å². The zero-order valence-corrected chi connectivity index (χ0v) is 11.5. The Labute approximate surface area is 118 Å². The molecule has 2 aromatic heterocycles. The average Bonchev–Trinajstić information content (AvgIpc) is 2.48. The molecule has 3 rings (SSSR count). The summed E-state index contributed by atoms with van der Waals surface area (Å²) in [5, 5.41) is 17.8. The Kier molecular flexibility index (Phi) is 3.48. The summed E-state index contributed by atoms with van der Waals surface area (Å²) in [6.45, 7) is 4.00. The van der Waals surface area contributed by atoms with E-state index in [1.54, 1.807) is 6.07 Å². The van der Waals surface area contributed by atoms with Gasteiger partial charge in [-0.15, -0.1) is 0 Å². The van der Waals surface area contributed by atoms with Crippen LogP contribution in [0.5, 0.6) is 0 Å². The number of piperidine rings is 1. The van der Waals surface area contributed by atoms with Crippen molar-refractivity contribution in [2.45, 2.75) is 25.8 Å². The predicted octanol–water partition coefficient (Wildman–Crippen LogP) is 1.97. The van der Waals surface area contributed by atoms with Crippen LogP contribution in [0.1, 0.15) is 24.2 Å². The van der Waals surface area contributed by atoms with E-state index in [1.807, 2.05) is 19.2 Å². The summed E-state index contributed by atoms with van der Waals surface area (Å²) < 4.78 is 0. The largest absolute Gasteiger partial charge is 0.366 e. The van der Waals surface area contributed by atoms with Gasteiger partial charge in [-0.2, -0.15) is 5.26 Å². The first kappa shape index (κ1) is 12.8. The van der Waals surface area contributed by atoms with Crippen LogP contribution in [0.25, 0.3) is 10.8 Å². The second-order valence-corrected chi connectivity index (χ2v) is 5.18. The SMILES string of the molecule is Cc1nc(C#N)cc2cnc(NC3CCCNC3)cc12. The van der Waals surface area contributed by atoms with E-state index in [-0.39, 0.29) is 0 Å². The highest BCUT2D eigenvalue weighted by molar-refractivity contribution is 5.86. The Morgan fingerprint density at radius 2 is 2.35 bits per heavy atom. The molecule has 1 aliphatic heterocycles. The van der Waals surface area contributed by atoms with Gasteiger partial charge in [0.25, 0.3) is 0 Å². The number of aromatic nitrogens is 2. The summed E-state index contributed by atoms with van der Waals surface area (Å²) >= 11 is 0. The van der Waals surface area contributed by atoms with E-state index in [4.69, 9.17) is 5.26 Å². The summed E-state index contributed by atoms with van der Waals surface area (Å²) in [7, 11) is 0. The van der Waals surface area contributed by atoms with Crippen LogP contribution in [0.4, 0.5) is 5.82 Å². The molecule has 5 heteroatoms. The highest BCUT2D eigenvalue weighted by atomic mass is 15.1. The van der Waals surface area contributed by atoms with Crippen LogP contribution in [-0.4, -0.2) is 29.1 Å². The maximum absolute atomic E-state index is 8.94. The zero-order chi connectivity index (χ0) is 13.9. The number of hydrogen-bond donors (Lipinski definition) is 2. The minimum Gasteiger partial charge on any atom is -0.366 e. The molecule has 1 saturated heterocycles. The number of pyridine rings is 2. The van der Waals surface area contributed by atoms with Crippen molar-refractivity contribution in [2.75, 3.05) is 18.4 Å². The molecule has 1 unspecified atom stereocenters. The minimum atomic E-state index is 0.431. The van der Waals surface area contributed by atoms with Crippen LogP contribution in [0.2, 0.25) is 0 Å². The predicted molar refractivity (Wildman–Crippen MR) is 78.5 cm³/mol. The lowest BCUT2D eigenvalue weighted by molar-refractivity contribution is 0.479.